The maximum atomic E-state index is 2.59. The lowest BCUT2D eigenvalue weighted by molar-refractivity contribution is -0.706. The van der Waals surface area contributed by atoms with Gasteiger partial charge in [0.2, 0.25) is 0 Å². The maximum absolute atomic E-state index is 2.59. The second kappa shape index (κ2) is 2.91. The van der Waals surface area contributed by atoms with Gasteiger partial charge in [0.25, 0.3) is 0 Å². The van der Waals surface area contributed by atoms with E-state index in [1.165, 1.54) is 45.1 Å². The van der Waals surface area contributed by atoms with Crippen LogP contribution in [0.25, 0.3) is 0 Å². The lowest BCUT2D eigenvalue weighted by atomic mass is 9.80. The quantitative estimate of drug-likeness (QED) is 0.515. The normalized spacial score (nSPS) is 40.8. The fourth-order valence-electron chi connectivity index (χ4n) is 2.62. The molecule has 58 valence electrons. The second-order valence-corrected chi connectivity index (χ2v) is 3.87. The smallest absolute Gasteiger partial charge is 0.0887 e. The van der Waals surface area contributed by atoms with Gasteiger partial charge >= 0.3 is 0 Å². The van der Waals surface area contributed by atoms with Gasteiger partial charge in [-0.3, -0.25) is 0 Å². The van der Waals surface area contributed by atoms with Crippen LogP contribution in [0.15, 0.2) is 0 Å². The van der Waals surface area contributed by atoms with Crippen LogP contribution in [0.5, 0.6) is 0 Å². The zero-order valence-electron chi connectivity index (χ0n) is 6.68. The van der Waals surface area contributed by atoms with Crippen LogP contribution in [0.3, 0.4) is 0 Å². The third-order valence-corrected chi connectivity index (χ3v) is 3.22. The summed E-state index contributed by atoms with van der Waals surface area (Å²) in [6.07, 6.45) is 9.04. The highest BCUT2D eigenvalue weighted by Gasteiger charge is 2.29. The Hall–Kier alpha value is -0.0400. The molecule has 1 heteroatoms. The Balaban J connectivity index is 1.93. The molecule has 0 radical (unpaired) electrons. The lowest BCUT2D eigenvalue weighted by Gasteiger charge is -2.33. The predicted octanol–water partition coefficient (Wildman–Crippen LogP) is 0.902. The molecule has 1 aliphatic heterocycles. The fourth-order valence-corrected chi connectivity index (χ4v) is 2.62. The number of rotatable bonds is 0. The molecular weight excluding hydrogens is 122 g/mol. The molecule has 1 saturated heterocycles. The number of fused-ring (bicyclic) bond motifs is 1. The molecule has 2 N–H and O–H groups in total. The Bertz CT molecular complexity index is 85.3. The first-order valence-corrected chi connectivity index (χ1v) is 4.80. The van der Waals surface area contributed by atoms with Crippen molar-refractivity contribution in [2.75, 3.05) is 6.54 Å². The Morgan fingerprint density at radius 1 is 0.900 bits per heavy atom. The van der Waals surface area contributed by atoms with Crippen molar-refractivity contribution in [2.45, 2.75) is 44.6 Å². The highest BCUT2D eigenvalue weighted by Crippen LogP contribution is 2.27. The van der Waals surface area contributed by atoms with E-state index in [1.807, 2.05) is 0 Å². The van der Waals surface area contributed by atoms with E-state index >= 15 is 0 Å². The number of hydrogen-bond donors (Lipinski definition) is 1. The molecule has 0 spiro atoms. The molecule has 0 aromatic rings. The number of hydrogen-bond acceptors (Lipinski definition) is 0. The maximum Gasteiger partial charge on any atom is 0.0887 e. The highest BCUT2D eigenvalue weighted by molar-refractivity contribution is 4.75. The molecule has 0 unspecified atom stereocenters. The molecule has 1 aliphatic carbocycles. The first kappa shape index (κ1) is 6.66. The lowest BCUT2D eigenvalue weighted by Crippen LogP contribution is -2.93. The SMILES string of the molecule is C1CC[C@@H]2[NH2+]CCC[C@@H]2C1. The van der Waals surface area contributed by atoms with Crippen molar-refractivity contribution >= 4 is 0 Å². The van der Waals surface area contributed by atoms with Gasteiger partial charge in [-0.15, -0.1) is 0 Å². The minimum absolute atomic E-state index is 1.03. The van der Waals surface area contributed by atoms with E-state index in [2.05, 4.69) is 5.32 Å². The third kappa shape index (κ3) is 1.20. The average molecular weight is 140 g/mol. The molecule has 0 bridgehead atoms. The molecule has 1 heterocycles. The topological polar surface area (TPSA) is 16.6 Å². The van der Waals surface area contributed by atoms with Crippen molar-refractivity contribution in [1.29, 1.82) is 0 Å². The van der Waals surface area contributed by atoms with Gasteiger partial charge in [0.05, 0.1) is 12.6 Å². The van der Waals surface area contributed by atoms with Crippen LogP contribution in [-0.4, -0.2) is 12.6 Å². The molecule has 2 rings (SSSR count). The van der Waals surface area contributed by atoms with Gasteiger partial charge in [-0.25, -0.2) is 0 Å². The van der Waals surface area contributed by atoms with Gasteiger partial charge in [0, 0.05) is 5.92 Å². The van der Waals surface area contributed by atoms with Crippen LogP contribution in [-0.2, 0) is 0 Å². The molecule has 2 aliphatic rings. The summed E-state index contributed by atoms with van der Waals surface area (Å²) in [6.45, 7) is 1.40. The second-order valence-electron chi connectivity index (χ2n) is 3.87. The van der Waals surface area contributed by atoms with Crippen molar-refractivity contribution in [1.82, 2.24) is 0 Å². The summed E-state index contributed by atoms with van der Waals surface area (Å²) >= 11 is 0. The fraction of sp³-hybridized carbons (Fsp3) is 1.00. The van der Waals surface area contributed by atoms with Gasteiger partial charge in [-0.2, -0.15) is 0 Å². The van der Waals surface area contributed by atoms with Crippen LogP contribution in [0.2, 0.25) is 0 Å². The summed E-state index contributed by atoms with van der Waals surface area (Å²) in [5.74, 6) is 1.10. The summed E-state index contributed by atoms with van der Waals surface area (Å²) in [6, 6.07) is 1.03. The molecule has 2 fully saturated rings. The Labute approximate surface area is 63.2 Å². The van der Waals surface area contributed by atoms with E-state index in [-0.39, 0.29) is 0 Å². The van der Waals surface area contributed by atoms with Crippen LogP contribution in [0, 0.1) is 5.92 Å². The van der Waals surface area contributed by atoms with Gasteiger partial charge in [0.15, 0.2) is 0 Å². The van der Waals surface area contributed by atoms with Crippen molar-refractivity contribution in [3.63, 3.8) is 0 Å². The molecule has 1 saturated carbocycles. The van der Waals surface area contributed by atoms with Crippen molar-refractivity contribution in [3.05, 3.63) is 0 Å². The molecule has 2 atom stereocenters. The molecule has 10 heavy (non-hydrogen) atoms. The van der Waals surface area contributed by atoms with Crippen LogP contribution < -0.4 is 5.32 Å². The minimum atomic E-state index is 1.03. The summed E-state index contributed by atoms with van der Waals surface area (Å²) < 4.78 is 0. The molecular formula is C9H18N+. The summed E-state index contributed by atoms with van der Waals surface area (Å²) in [5.41, 5.74) is 0. The van der Waals surface area contributed by atoms with Gasteiger partial charge < -0.3 is 5.32 Å². The van der Waals surface area contributed by atoms with Crippen LogP contribution in [0.4, 0.5) is 0 Å². The van der Waals surface area contributed by atoms with E-state index in [1.54, 1.807) is 0 Å². The summed E-state index contributed by atoms with van der Waals surface area (Å²) in [7, 11) is 0. The molecule has 0 aromatic carbocycles. The highest BCUT2D eigenvalue weighted by atomic mass is 14.9. The first-order valence-electron chi connectivity index (χ1n) is 4.80. The number of piperidine rings is 1. The largest absolute Gasteiger partial charge is 0.344 e. The third-order valence-electron chi connectivity index (χ3n) is 3.22. The van der Waals surface area contributed by atoms with Gasteiger partial charge in [0.1, 0.15) is 0 Å². The minimum Gasteiger partial charge on any atom is -0.344 e. The Morgan fingerprint density at radius 3 is 2.60 bits per heavy atom. The zero-order valence-corrected chi connectivity index (χ0v) is 6.68. The van der Waals surface area contributed by atoms with Crippen LogP contribution in [0.1, 0.15) is 38.5 Å². The number of nitrogens with two attached hydrogens (primary N) is 1. The monoisotopic (exact) mass is 140 g/mol. The van der Waals surface area contributed by atoms with E-state index in [0.29, 0.717) is 0 Å². The van der Waals surface area contributed by atoms with Gasteiger partial charge in [-0.1, -0.05) is 6.42 Å². The van der Waals surface area contributed by atoms with Crippen molar-refractivity contribution in [2.24, 2.45) is 5.92 Å². The molecule has 0 amide bonds. The van der Waals surface area contributed by atoms with Crippen molar-refractivity contribution in [3.8, 4) is 0 Å². The van der Waals surface area contributed by atoms with Gasteiger partial charge in [-0.05, 0) is 32.1 Å². The summed E-state index contributed by atoms with van der Waals surface area (Å²) in [4.78, 5) is 0. The first-order chi connectivity index (χ1) is 4.97. The average Bonchev–Trinajstić information content (AvgIpc) is 2.05. The van der Waals surface area contributed by atoms with Crippen LogP contribution >= 0.6 is 0 Å². The zero-order chi connectivity index (χ0) is 6.81. The summed E-state index contributed by atoms with van der Waals surface area (Å²) in [5, 5.41) is 2.59. The molecule has 0 aromatic heterocycles. The van der Waals surface area contributed by atoms with E-state index in [9.17, 15) is 0 Å². The predicted molar refractivity (Wildman–Crippen MR) is 41.8 cm³/mol. The Morgan fingerprint density at radius 2 is 1.70 bits per heavy atom. The van der Waals surface area contributed by atoms with E-state index < -0.39 is 0 Å². The van der Waals surface area contributed by atoms with E-state index in [0.717, 1.165) is 12.0 Å². The van der Waals surface area contributed by atoms with Crippen molar-refractivity contribution < 1.29 is 5.32 Å². The number of quaternary nitrogens is 1. The van der Waals surface area contributed by atoms with E-state index in [4.69, 9.17) is 0 Å². The molecule has 1 nitrogen and oxygen atoms in total. The Kier molecular flexibility index (Phi) is 1.94. The standard InChI is InChI=1S/C9H17N/c1-2-6-9-8(4-1)5-3-7-10-9/h8-10H,1-7H2/p+1/t8-,9-/m0/s1.